The first-order chi connectivity index (χ1) is 15.6. The fraction of sp³-hybridized carbons (Fsp3) is 0.280. The number of carbonyl (C=O) groups is 2. The first kappa shape index (κ1) is 20.3. The Balaban J connectivity index is 1.23. The van der Waals surface area contributed by atoms with Crippen LogP contribution < -0.4 is 5.32 Å². The fourth-order valence-electron chi connectivity index (χ4n) is 4.54. The van der Waals surface area contributed by atoms with E-state index in [1.807, 2.05) is 12.1 Å². The van der Waals surface area contributed by atoms with Gasteiger partial charge in [0.25, 0.3) is 5.91 Å². The molecule has 32 heavy (non-hydrogen) atoms. The molecule has 7 nitrogen and oxygen atoms in total. The minimum Gasteiger partial charge on any atom is -0.459 e. The number of furan rings is 1. The van der Waals surface area contributed by atoms with Gasteiger partial charge in [0.2, 0.25) is 5.91 Å². The molecule has 2 aromatic heterocycles. The van der Waals surface area contributed by atoms with Gasteiger partial charge in [-0.3, -0.25) is 14.5 Å². The van der Waals surface area contributed by atoms with Gasteiger partial charge in [-0.05, 0) is 43.3 Å². The van der Waals surface area contributed by atoms with Gasteiger partial charge in [0.15, 0.2) is 5.76 Å². The van der Waals surface area contributed by atoms with E-state index in [4.69, 9.17) is 4.42 Å². The van der Waals surface area contributed by atoms with Crippen molar-refractivity contribution in [3.05, 3.63) is 66.6 Å². The third-order valence-electron chi connectivity index (χ3n) is 6.13. The van der Waals surface area contributed by atoms with Crippen molar-refractivity contribution in [1.82, 2.24) is 14.4 Å². The number of para-hydroxylation sites is 1. The highest BCUT2D eigenvalue weighted by Crippen LogP contribution is 2.31. The molecule has 0 aliphatic carbocycles. The molecule has 1 saturated heterocycles. The minimum absolute atomic E-state index is 0.0469. The summed E-state index contributed by atoms with van der Waals surface area (Å²) in [7, 11) is 0. The molecule has 0 unspecified atom stereocenters. The van der Waals surface area contributed by atoms with Crippen molar-refractivity contribution in [2.24, 2.45) is 0 Å². The van der Waals surface area contributed by atoms with Crippen molar-refractivity contribution in [2.75, 3.05) is 38.0 Å². The molecule has 1 aliphatic rings. The summed E-state index contributed by atoms with van der Waals surface area (Å²) < 4.78 is 7.49. The summed E-state index contributed by atoms with van der Waals surface area (Å²) in [6.45, 7) is 5.81. The van der Waals surface area contributed by atoms with Crippen molar-refractivity contribution in [3.63, 3.8) is 0 Å². The molecule has 0 bridgehead atoms. The lowest BCUT2D eigenvalue weighted by Gasteiger charge is -2.33. The number of aromatic nitrogens is 1. The topological polar surface area (TPSA) is 70.7 Å². The lowest BCUT2D eigenvalue weighted by molar-refractivity contribution is -0.117. The monoisotopic (exact) mass is 430 g/mol. The number of fused-ring (bicyclic) bond motifs is 3. The number of hydrogen-bond donors (Lipinski definition) is 1. The van der Waals surface area contributed by atoms with Crippen LogP contribution in [0.25, 0.3) is 21.8 Å². The average Bonchev–Trinajstić information content (AvgIpc) is 3.45. The zero-order valence-corrected chi connectivity index (χ0v) is 18.1. The minimum atomic E-state index is -0.0985. The van der Waals surface area contributed by atoms with Gasteiger partial charge >= 0.3 is 0 Å². The zero-order valence-electron chi connectivity index (χ0n) is 18.1. The third-order valence-corrected chi connectivity index (χ3v) is 6.13. The van der Waals surface area contributed by atoms with Gasteiger partial charge in [-0.1, -0.05) is 18.2 Å². The predicted molar refractivity (Wildman–Crippen MR) is 125 cm³/mol. The maximum atomic E-state index is 12.7. The summed E-state index contributed by atoms with van der Waals surface area (Å²) >= 11 is 0. The Labute approximate surface area is 186 Å². The van der Waals surface area contributed by atoms with Crippen LogP contribution in [0.2, 0.25) is 0 Å². The molecule has 2 aromatic carbocycles. The maximum absolute atomic E-state index is 12.7. The van der Waals surface area contributed by atoms with Crippen LogP contribution in [0.5, 0.6) is 0 Å². The summed E-state index contributed by atoms with van der Waals surface area (Å²) in [5.41, 5.74) is 3.17. The summed E-state index contributed by atoms with van der Waals surface area (Å²) in [6.07, 6.45) is 1.51. The Hall–Kier alpha value is -3.58. The molecule has 1 aliphatic heterocycles. The van der Waals surface area contributed by atoms with Crippen molar-refractivity contribution in [2.45, 2.75) is 13.5 Å². The summed E-state index contributed by atoms with van der Waals surface area (Å²) in [5.74, 6) is 0.212. The number of amides is 2. The fourth-order valence-corrected chi connectivity index (χ4v) is 4.54. The van der Waals surface area contributed by atoms with Crippen molar-refractivity contribution in [1.29, 1.82) is 0 Å². The Kier molecular flexibility index (Phi) is 5.41. The standard InChI is InChI=1S/C25H26N4O3/c1-2-29-21-7-4-3-6-19(21)20-16-18(9-10-22(20)29)26-24(30)17-27-11-13-28(14-12-27)25(31)23-8-5-15-32-23/h3-10,15-16H,2,11-14,17H2,1H3,(H,26,30). The van der Waals surface area contributed by atoms with E-state index in [-0.39, 0.29) is 11.8 Å². The predicted octanol–water partition coefficient (Wildman–Crippen LogP) is 3.80. The van der Waals surface area contributed by atoms with Crippen molar-refractivity contribution in [3.8, 4) is 0 Å². The molecular weight excluding hydrogens is 404 g/mol. The second-order valence-corrected chi connectivity index (χ2v) is 8.09. The van der Waals surface area contributed by atoms with E-state index in [2.05, 4.69) is 52.0 Å². The number of piperazine rings is 1. The molecule has 4 aromatic rings. The number of carbonyl (C=O) groups excluding carboxylic acids is 2. The SMILES string of the molecule is CCn1c2ccccc2c2cc(NC(=O)CN3CCN(C(=O)c4ccco4)CC3)ccc21. The van der Waals surface area contributed by atoms with E-state index in [0.29, 0.717) is 38.5 Å². The highest BCUT2D eigenvalue weighted by Gasteiger charge is 2.24. The highest BCUT2D eigenvalue weighted by molar-refractivity contribution is 6.09. The normalized spacial score (nSPS) is 14.8. The number of hydrogen-bond acceptors (Lipinski definition) is 4. The largest absolute Gasteiger partial charge is 0.459 e. The Bertz CT molecular complexity index is 1270. The van der Waals surface area contributed by atoms with Gasteiger partial charge in [-0.2, -0.15) is 0 Å². The third kappa shape index (κ3) is 3.76. The number of benzene rings is 2. The van der Waals surface area contributed by atoms with Gasteiger partial charge < -0.3 is 19.2 Å². The Morgan fingerprint density at radius 1 is 0.938 bits per heavy atom. The molecule has 0 saturated carbocycles. The zero-order chi connectivity index (χ0) is 22.1. The van der Waals surface area contributed by atoms with E-state index in [1.54, 1.807) is 17.0 Å². The van der Waals surface area contributed by atoms with E-state index < -0.39 is 0 Å². The molecule has 3 heterocycles. The number of anilines is 1. The maximum Gasteiger partial charge on any atom is 0.289 e. The molecule has 1 fully saturated rings. The van der Waals surface area contributed by atoms with Gasteiger partial charge in [-0.25, -0.2) is 0 Å². The van der Waals surface area contributed by atoms with Crippen LogP contribution in [0.4, 0.5) is 5.69 Å². The van der Waals surface area contributed by atoms with Gasteiger partial charge in [0.1, 0.15) is 0 Å². The van der Waals surface area contributed by atoms with E-state index in [0.717, 1.165) is 17.6 Å². The number of rotatable bonds is 5. The smallest absolute Gasteiger partial charge is 0.289 e. The Morgan fingerprint density at radius 2 is 1.72 bits per heavy atom. The number of nitrogens with zero attached hydrogens (tertiary/aromatic N) is 3. The second-order valence-electron chi connectivity index (χ2n) is 8.09. The molecule has 164 valence electrons. The number of nitrogens with one attached hydrogen (secondary N) is 1. The summed E-state index contributed by atoms with van der Waals surface area (Å²) in [6, 6.07) is 17.8. The summed E-state index contributed by atoms with van der Waals surface area (Å²) in [4.78, 5) is 28.9. The first-order valence-corrected chi connectivity index (χ1v) is 11.0. The van der Waals surface area contributed by atoms with Crippen molar-refractivity contribution >= 4 is 39.3 Å². The average molecular weight is 431 g/mol. The molecule has 2 amide bonds. The van der Waals surface area contributed by atoms with Crippen LogP contribution in [0, 0.1) is 0 Å². The quantitative estimate of drug-likeness (QED) is 0.523. The van der Waals surface area contributed by atoms with Crippen LogP contribution >= 0.6 is 0 Å². The van der Waals surface area contributed by atoms with Crippen LogP contribution in [-0.2, 0) is 11.3 Å². The molecule has 1 N–H and O–H groups in total. The molecule has 0 spiro atoms. The Morgan fingerprint density at radius 3 is 2.47 bits per heavy atom. The molecule has 0 radical (unpaired) electrons. The van der Waals surface area contributed by atoms with Gasteiger partial charge in [0.05, 0.1) is 12.8 Å². The van der Waals surface area contributed by atoms with Gasteiger partial charge in [0, 0.05) is 60.2 Å². The van der Waals surface area contributed by atoms with Gasteiger partial charge in [-0.15, -0.1) is 0 Å². The lowest BCUT2D eigenvalue weighted by Crippen LogP contribution is -2.50. The highest BCUT2D eigenvalue weighted by atomic mass is 16.3. The number of aryl methyl sites for hydroxylation is 1. The van der Waals surface area contributed by atoms with Crippen LogP contribution in [0.15, 0.2) is 65.3 Å². The van der Waals surface area contributed by atoms with E-state index in [9.17, 15) is 9.59 Å². The van der Waals surface area contributed by atoms with Crippen molar-refractivity contribution < 1.29 is 14.0 Å². The van der Waals surface area contributed by atoms with Crippen LogP contribution in [0.3, 0.4) is 0 Å². The molecule has 5 rings (SSSR count). The lowest BCUT2D eigenvalue weighted by atomic mass is 10.1. The van der Waals surface area contributed by atoms with E-state index >= 15 is 0 Å². The van der Waals surface area contributed by atoms with Crippen LogP contribution in [-0.4, -0.2) is 58.9 Å². The molecule has 0 atom stereocenters. The second kappa shape index (κ2) is 8.51. The first-order valence-electron chi connectivity index (χ1n) is 11.0. The molecular formula is C25H26N4O3. The van der Waals surface area contributed by atoms with Crippen LogP contribution in [0.1, 0.15) is 17.5 Å². The summed E-state index contributed by atoms with van der Waals surface area (Å²) in [5, 5.41) is 5.38. The van der Waals surface area contributed by atoms with E-state index in [1.165, 1.54) is 22.7 Å². The molecule has 7 heteroatoms.